The minimum absolute atomic E-state index is 0.235. The van der Waals surface area contributed by atoms with E-state index in [1.54, 1.807) is 23.5 Å². The Morgan fingerprint density at radius 1 is 1.75 bits per heavy atom. The van der Waals surface area contributed by atoms with Crippen LogP contribution in [0.5, 0.6) is 0 Å². The van der Waals surface area contributed by atoms with Crippen LogP contribution in [-0.2, 0) is 16.6 Å². The van der Waals surface area contributed by atoms with Gasteiger partial charge in [0.15, 0.2) is 5.16 Å². The Bertz CT molecular complexity index is 342. The molecule has 1 aromatic heterocycles. The van der Waals surface area contributed by atoms with Crippen molar-refractivity contribution in [3.63, 3.8) is 0 Å². The molecule has 0 spiro atoms. The third-order valence-corrected chi connectivity index (χ3v) is 3.21. The zero-order valence-electron chi connectivity index (χ0n) is 9.64. The van der Waals surface area contributed by atoms with Gasteiger partial charge in [0.25, 0.3) is 0 Å². The fourth-order valence-corrected chi connectivity index (χ4v) is 2.10. The maximum Gasteiger partial charge on any atom is 0.322 e. The minimum atomic E-state index is -0.259. The van der Waals surface area contributed by atoms with Gasteiger partial charge in [0.2, 0.25) is 0 Å². The average Bonchev–Trinajstić information content (AvgIpc) is 2.69. The first-order chi connectivity index (χ1) is 7.69. The van der Waals surface area contributed by atoms with Crippen molar-refractivity contribution in [2.75, 3.05) is 19.9 Å². The highest BCUT2D eigenvalue weighted by molar-refractivity contribution is 7.99. The number of aromatic nitrogens is 3. The molecule has 1 aromatic rings. The van der Waals surface area contributed by atoms with E-state index in [4.69, 9.17) is 0 Å². The lowest BCUT2D eigenvalue weighted by molar-refractivity contribution is -0.143. The predicted octanol–water partition coefficient (Wildman–Crippen LogP) is 0.0583. The third kappa shape index (κ3) is 3.49. The largest absolute Gasteiger partial charge is 0.468 e. The van der Waals surface area contributed by atoms with E-state index < -0.39 is 0 Å². The number of esters is 1. The van der Waals surface area contributed by atoms with Crippen molar-refractivity contribution < 1.29 is 9.53 Å². The molecule has 1 rings (SSSR count). The molecule has 0 aliphatic carbocycles. The molecular formula is C9H16N4O2S. The van der Waals surface area contributed by atoms with Crippen LogP contribution >= 0.6 is 11.8 Å². The molecule has 0 bridgehead atoms. The van der Waals surface area contributed by atoms with Gasteiger partial charge in [0.1, 0.15) is 12.4 Å². The summed E-state index contributed by atoms with van der Waals surface area (Å²) >= 11 is 1.57. The molecule has 90 valence electrons. The van der Waals surface area contributed by atoms with Gasteiger partial charge in [-0.15, -0.1) is 0 Å². The molecule has 16 heavy (non-hydrogen) atoms. The zero-order chi connectivity index (χ0) is 12.0. The van der Waals surface area contributed by atoms with E-state index in [1.807, 2.05) is 7.05 Å². The Labute approximate surface area is 98.8 Å². The topological polar surface area (TPSA) is 69.0 Å². The number of nitrogens with one attached hydrogen (secondary N) is 1. The average molecular weight is 244 g/mol. The smallest absolute Gasteiger partial charge is 0.322 e. The molecule has 0 saturated heterocycles. The van der Waals surface area contributed by atoms with Crippen molar-refractivity contribution in [2.24, 2.45) is 7.05 Å². The van der Waals surface area contributed by atoms with Crippen LogP contribution in [0.1, 0.15) is 6.42 Å². The highest BCUT2D eigenvalue weighted by Crippen LogP contribution is 2.15. The van der Waals surface area contributed by atoms with Gasteiger partial charge in [-0.2, -0.15) is 5.10 Å². The Kier molecular flexibility index (Phi) is 5.27. The van der Waals surface area contributed by atoms with Crippen LogP contribution in [-0.4, -0.2) is 46.7 Å². The molecule has 1 unspecified atom stereocenters. The van der Waals surface area contributed by atoms with Crippen molar-refractivity contribution in [1.82, 2.24) is 20.1 Å². The first-order valence-corrected chi connectivity index (χ1v) is 5.89. The second kappa shape index (κ2) is 6.49. The fourth-order valence-electron chi connectivity index (χ4n) is 1.21. The molecule has 7 heteroatoms. The summed E-state index contributed by atoms with van der Waals surface area (Å²) in [5, 5.41) is 7.73. The molecule has 0 saturated carbocycles. The Morgan fingerprint density at radius 2 is 2.50 bits per heavy atom. The molecule has 0 aromatic carbocycles. The van der Waals surface area contributed by atoms with Crippen LogP contribution in [0.4, 0.5) is 0 Å². The second-order valence-corrected chi connectivity index (χ2v) is 4.23. The number of likely N-dealkylation sites (N-methyl/N-ethyl adjacent to an activating group) is 1. The molecule has 1 heterocycles. The van der Waals surface area contributed by atoms with E-state index in [0.29, 0.717) is 6.42 Å². The van der Waals surface area contributed by atoms with Gasteiger partial charge >= 0.3 is 5.97 Å². The van der Waals surface area contributed by atoms with Crippen LogP contribution in [0, 0.1) is 0 Å². The van der Waals surface area contributed by atoms with E-state index in [-0.39, 0.29) is 12.0 Å². The number of hydrogen-bond donors (Lipinski definition) is 1. The van der Waals surface area contributed by atoms with Crippen molar-refractivity contribution in [3.8, 4) is 0 Å². The summed E-state index contributed by atoms with van der Waals surface area (Å²) in [6, 6.07) is -0.259. The monoisotopic (exact) mass is 244 g/mol. The van der Waals surface area contributed by atoms with Crippen molar-refractivity contribution in [1.29, 1.82) is 0 Å². The molecule has 0 aliphatic heterocycles. The van der Waals surface area contributed by atoms with Crippen molar-refractivity contribution in [2.45, 2.75) is 17.6 Å². The van der Waals surface area contributed by atoms with E-state index >= 15 is 0 Å². The normalized spacial score (nSPS) is 12.4. The molecule has 0 aliphatic rings. The summed E-state index contributed by atoms with van der Waals surface area (Å²) in [6.07, 6.45) is 2.21. The van der Waals surface area contributed by atoms with Crippen LogP contribution in [0.3, 0.4) is 0 Å². The second-order valence-electron chi connectivity index (χ2n) is 3.17. The predicted molar refractivity (Wildman–Crippen MR) is 61.2 cm³/mol. The number of thioether (sulfide) groups is 1. The van der Waals surface area contributed by atoms with Gasteiger partial charge in [0, 0.05) is 12.8 Å². The van der Waals surface area contributed by atoms with Gasteiger partial charge < -0.3 is 10.1 Å². The number of rotatable bonds is 6. The van der Waals surface area contributed by atoms with Gasteiger partial charge in [-0.05, 0) is 13.5 Å². The quantitative estimate of drug-likeness (QED) is 0.563. The number of aryl methyl sites for hydroxylation is 1. The Balaban J connectivity index is 2.34. The van der Waals surface area contributed by atoms with E-state index in [0.717, 1.165) is 10.9 Å². The first-order valence-electron chi connectivity index (χ1n) is 4.91. The van der Waals surface area contributed by atoms with Crippen LogP contribution < -0.4 is 5.32 Å². The number of methoxy groups -OCH3 is 1. The third-order valence-electron chi connectivity index (χ3n) is 2.14. The van der Waals surface area contributed by atoms with Gasteiger partial charge in [-0.1, -0.05) is 11.8 Å². The number of carbonyl (C=O) groups is 1. The number of carbonyl (C=O) groups excluding carboxylic acids is 1. The van der Waals surface area contributed by atoms with Crippen molar-refractivity contribution in [3.05, 3.63) is 6.33 Å². The lowest BCUT2D eigenvalue weighted by Crippen LogP contribution is -2.35. The van der Waals surface area contributed by atoms with Gasteiger partial charge in [0.05, 0.1) is 7.11 Å². The summed E-state index contributed by atoms with van der Waals surface area (Å²) < 4.78 is 6.38. The molecule has 0 amide bonds. The number of nitrogens with zero attached hydrogens (tertiary/aromatic N) is 3. The lowest BCUT2D eigenvalue weighted by Gasteiger charge is -2.12. The molecule has 1 N–H and O–H groups in total. The summed E-state index contributed by atoms with van der Waals surface area (Å²) in [5.74, 6) is 0.550. The summed E-state index contributed by atoms with van der Waals surface area (Å²) in [6.45, 7) is 0. The van der Waals surface area contributed by atoms with E-state index in [1.165, 1.54) is 13.4 Å². The number of hydrogen-bond acceptors (Lipinski definition) is 6. The molecular weight excluding hydrogens is 228 g/mol. The minimum Gasteiger partial charge on any atom is -0.468 e. The van der Waals surface area contributed by atoms with Crippen LogP contribution in [0.15, 0.2) is 11.5 Å². The van der Waals surface area contributed by atoms with Crippen LogP contribution in [0.2, 0.25) is 0 Å². The highest BCUT2D eigenvalue weighted by Gasteiger charge is 2.16. The Morgan fingerprint density at radius 3 is 3.00 bits per heavy atom. The highest BCUT2D eigenvalue weighted by atomic mass is 32.2. The fraction of sp³-hybridized carbons (Fsp3) is 0.667. The summed E-state index contributed by atoms with van der Waals surface area (Å²) in [5.41, 5.74) is 0. The Hall–Kier alpha value is -1.08. The molecule has 6 nitrogen and oxygen atoms in total. The van der Waals surface area contributed by atoms with Gasteiger partial charge in [-0.25, -0.2) is 9.67 Å². The van der Waals surface area contributed by atoms with Crippen LogP contribution in [0.25, 0.3) is 0 Å². The van der Waals surface area contributed by atoms with Gasteiger partial charge in [-0.3, -0.25) is 4.79 Å². The zero-order valence-corrected chi connectivity index (χ0v) is 10.5. The van der Waals surface area contributed by atoms with E-state index in [2.05, 4.69) is 20.1 Å². The number of ether oxygens (including phenoxy) is 1. The standard InChI is InChI=1S/C9H16N4O2S/c1-10-7(8(14)15-3)4-5-16-9-11-6-12-13(9)2/h6-7,10H,4-5H2,1-3H3. The van der Waals surface area contributed by atoms with E-state index in [9.17, 15) is 4.79 Å². The summed E-state index contributed by atoms with van der Waals surface area (Å²) in [7, 11) is 4.97. The molecule has 0 radical (unpaired) electrons. The maximum atomic E-state index is 11.3. The lowest BCUT2D eigenvalue weighted by atomic mass is 10.2. The molecule has 1 atom stereocenters. The first kappa shape index (κ1) is 13.0. The summed E-state index contributed by atoms with van der Waals surface area (Å²) in [4.78, 5) is 15.4. The SMILES string of the molecule is CNC(CCSc1ncnn1C)C(=O)OC. The molecule has 0 fully saturated rings. The van der Waals surface area contributed by atoms with Crippen molar-refractivity contribution >= 4 is 17.7 Å². The maximum absolute atomic E-state index is 11.3.